The van der Waals surface area contributed by atoms with Gasteiger partial charge in [-0.2, -0.15) is 27.1 Å². The number of hydrogen-bond acceptors (Lipinski definition) is 2. The maximum atomic E-state index is 13.1. The van der Waals surface area contributed by atoms with E-state index < -0.39 is 17.7 Å². The molecule has 0 amide bonds. The van der Waals surface area contributed by atoms with Gasteiger partial charge in [0.15, 0.2) is 5.11 Å². The van der Waals surface area contributed by atoms with Crippen LogP contribution >= 0.6 is 12.2 Å². The molecule has 104 valence electrons. The molecule has 1 aromatic rings. The number of thiocarbonyl (C=S) groups is 1. The van der Waals surface area contributed by atoms with Gasteiger partial charge in [-0.3, -0.25) is 5.43 Å². The third kappa shape index (κ3) is 3.85. The Balaban J connectivity index is 3.01. The summed E-state index contributed by atoms with van der Waals surface area (Å²) in [5, 5.41) is 3.30. The average molecular weight is 297 g/mol. The van der Waals surface area contributed by atoms with Crippen LogP contribution in [0.2, 0.25) is 0 Å². The first-order chi connectivity index (χ1) is 8.64. The molecule has 0 spiro atoms. The summed E-state index contributed by atoms with van der Waals surface area (Å²) in [5.41, 5.74) is 6.08. The summed E-state index contributed by atoms with van der Waals surface area (Å²) in [4.78, 5) is 0. The molecule has 19 heavy (non-hydrogen) atoms. The quantitative estimate of drug-likeness (QED) is 0.390. The maximum absolute atomic E-state index is 13.1. The van der Waals surface area contributed by atoms with Gasteiger partial charge in [-0.25, -0.2) is 0 Å². The van der Waals surface area contributed by atoms with Crippen LogP contribution in [0.5, 0.6) is 0 Å². The molecule has 1 rings (SSSR count). The van der Waals surface area contributed by atoms with E-state index in [0.29, 0.717) is 12.1 Å². The molecule has 0 aromatic heterocycles. The van der Waals surface area contributed by atoms with E-state index in [1.165, 1.54) is 6.07 Å². The van der Waals surface area contributed by atoms with Crippen molar-refractivity contribution in [2.75, 3.05) is 0 Å². The molecule has 1 aromatic carbocycles. The minimum Gasteiger partial charge on any atom is -0.375 e. The molecule has 0 unspecified atom stereocenters. The predicted molar refractivity (Wildman–Crippen MR) is 63.9 cm³/mol. The molecular formula is C10H8F5N3S. The van der Waals surface area contributed by atoms with Crippen molar-refractivity contribution in [2.24, 2.45) is 10.8 Å². The van der Waals surface area contributed by atoms with Crippen molar-refractivity contribution < 1.29 is 22.0 Å². The lowest BCUT2D eigenvalue weighted by molar-refractivity contribution is -0.289. The van der Waals surface area contributed by atoms with E-state index in [1.807, 2.05) is 0 Å². The molecule has 0 bridgehead atoms. The fourth-order valence-electron chi connectivity index (χ4n) is 1.15. The molecule has 3 N–H and O–H groups in total. The Morgan fingerprint density at radius 1 is 1.26 bits per heavy atom. The zero-order chi connectivity index (χ0) is 14.7. The van der Waals surface area contributed by atoms with Crippen LogP contribution < -0.4 is 11.2 Å². The van der Waals surface area contributed by atoms with E-state index >= 15 is 0 Å². The van der Waals surface area contributed by atoms with Crippen LogP contribution in [0.4, 0.5) is 22.0 Å². The second-order valence-electron chi connectivity index (χ2n) is 3.43. The van der Waals surface area contributed by atoms with Crippen molar-refractivity contribution in [1.82, 2.24) is 5.43 Å². The number of hydrogen-bond donors (Lipinski definition) is 2. The topological polar surface area (TPSA) is 50.4 Å². The third-order valence-electron chi connectivity index (χ3n) is 1.99. The molecule has 0 radical (unpaired) electrons. The van der Waals surface area contributed by atoms with Gasteiger partial charge in [0.2, 0.25) is 0 Å². The van der Waals surface area contributed by atoms with Gasteiger partial charge in [-0.05, 0) is 23.8 Å². The summed E-state index contributed by atoms with van der Waals surface area (Å²) in [7, 11) is 0. The van der Waals surface area contributed by atoms with Crippen molar-refractivity contribution in [3.63, 3.8) is 0 Å². The number of nitrogens with zero attached hydrogens (tertiary/aromatic N) is 1. The minimum absolute atomic E-state index is 0.0465. The number of nitrogens with one attached hydrogen (secondary N) is 1. The van der Waals surface area contributed by atoms with E-state index in [4.69, 9.17) is 5.73 Å². The molecule has 0 aliphatic rings. The second-order valence-corrected chi connectivity index (χ2v) is 3.87. The molecular weight excluding hydrogens is 289 g/mol. The minimum atomic E-state index is -5.65. The number of benzene rings is 1. The van der Waals surface area contributed by atoms with Crippen LogP contribution in [0.3, 0.4) is 0 Å². The summed E-state index contributed by atoms with van der Waals surface area (Å²) >= 11 is 4.43. The van der Waals surface area contributed by atoms with E-state index in [2.05, 4.69) is 22.7 Å². The number of hydrazone groups is 1. The predicted octanol–water partition coefficient (Wildman–Crippen LogP) is 2.51. The molecule has 0 saturated carbocycles. The lowest BCUT2D eigenvalue weighted by Crippen LogP contribution is -2.33. The maximum Gasteiger partial charge on any atom is 0.458 e. The van der Waals surface area contributed by atoms with Crippen LogP contribution in [0.1, 0.15) is 11.1 Å². The summed E-state index contributed by atoms with van der Waals surface area (Å²) in [5.74, 6) is -4.92. The van der Waals surface area contributed by atoms with Crippen molar-refractivity contribution in [1.29, 1.82) is 0 Å². The Bertz CT molecular complexity index is 498. The zero-order valence-corrected chi connectivity index (χ0v) is 10.0. The second kappa shape index (κ2) is 5.47. The Morgan fingerprint density at radius 3 is 2.42 bits per heavy atom. The molecule has 0 fully saturated rings. The van der Waals surface area contributed by atoms with Crippen LogP contribution in [-0.2, 0) is 5.92 Å². The van der Waals surface area contributed by atoms with Crippen molar-refractivity contribution >= 4 is 23.5 Å². The zero-order valence-electron chi connectivity index (χ0n) is 9.21. The molecule has 9 heteroatoms. The van der Waals surface area contributed by atoms with Gasteiger partial charge in [0.25, 0.3) is 0 Å². The van der Waals surface area contributed by atoms with Crippen LogP contribution in [0.15, 0.2) is 29.4 Å². The third-order valence-corrected chi connectivity index (χ3v) is 2.08. The summed E-state index contributed by atoms with van der Waals surface area (Å²) in [6, 6.07) is 3.74. The van der Waals surface area contributed by atoms with E-state index in [1.54, 1.807) is 0 Å². The fraction of sp³-hybridized carbons (Fsp3) is 0.200. The van der Waals surface area contributed by atoms with Gasteiger partial charge in [0.1, 0.15) is 0 Å². The highest BCUT2D eigenvalue weighted by Crippen LogP contribution is 2.43. The Kier molecular flexibility index (Phi) is 4.40. The standard InChI is InChI=1S/C10H8F5N3S/c11-9(12,10(13,14)15)7-3-1-2-6(4-7)5-17-18-8(16)19/h1-5H,(H3,16,18,19). The van der Waals surface area contributed by atoms with Gasteiger partial charge < -0.3 is 5.73 Å². The Labute approximate surface area is 110 Å². The molecule has 0 aliphatic carbocycles. The van der Waals surface area contributed by atoms with E-state index in [9.17, 15) is 22.0 Å². The summed E-state index contributed by atoms with van der Waals surface area (Å²) in [6.07, 6.45) is -4.63. The Morgan fingerprint density at radius 2 is 1.89 bits per heavy atom. The molecule has 0 saturated heterocycles. The van der Waals surface area contributed by atoms with Crippen molar-refractivity contribution in [2.45, 2.75) is 12.1 Å². The number of rotatable bonds is 3. The van der Waals surface area contributed by atoms with Crippen LogP contribution in [0.25, 0.3) is 0 Å². The lowest BCUT2D eigenvalue weighted by Gasteiger charge is -2.19. The highest BCUT2D eigenvalue weighted by molar-refractivity contribution is 7.80. The highest BCUT2D eigenvalue weighted by atomic mass is 32.1. The van der Waals surface area contributed by atoms with E-state index in [0.717, 1.165) is 12.3 Å². The first-order valence-corrected chi connectivity index (χ1v) is 5.19. The number of alkyl halides is 5. The first-order valence-electron chi connectivity index (χ1n) is 4.78. The number of nitrogens with two attached hydrogens (primary N) is 1. The molecule has 0 atom stereocenters. The largest absolute Gasteiger partial charge is 0.458 e. The smallest absolute Gasteiger partial charge is 0.375 e. The van der Waals surface area contributed by atoms with Gasteiger partial charge >= 0.3 is 12.1 Å². The lowest BCUT2D eigenvalue weighted by atomic mass is 10.1. The average Bonchev–Trinajstić information content (AvgIpc) is 2.27. The highest BCUT2D eigenvalue weighted by Gasteiger charge is 2.58. The van der Waals surface area contributed by atoms with Crippen LogP contribution in [-0.4, -0.2) is 17.5 Å². The molecule has 3 nitrogen and oxygen atoms in total. The van der Waals surface area contributed by atoms with Gasteiger partial charge in [-0.15, -0.1) is 0 Å². The first kappa shape index (κ1) is 15.3. The van der Waals surface area contributed by atoms with Gasteiger partial charge in [0, 0.05) is 5.56 Å². The van der Waals surface area contributed by atoms with Crippen molar-refractivity contribution in [3.05, 3.63) is 35.4 Å². The van der Waals surface area contributed by atoms with Crippen molar-refractivity contribution in [3.8, 4) is 0 Å². The van der Waals surface area contributed by atoms with Gasteiger partial charge in [-0.1, -0.05) is 18.2 Å². The normalized spacial score (nSPS) is 12.7. The molecule has 0 aliphatic heterocycles. The molecule has 0 heterocycles. The summed E-state index contributed by atoms with van der Waals surface area (Å²) < 4.78 is 62.7. The summed E-state index contributed by atoms with van der Waals surface area (Å²) in [6.45, 7) is 0. The number of halogens is 5. The Hall–Kier alpha value is -1.77. The van der Waals surface area contributed by atoms with Crippen LogP contribution in [0, 0.1) is 0 Å². The monoisotopic (exact) mass is 297 g/mol. The van der Waals surface area contributed by atoms with Gasteiger partial charge in [0.05, 0.1) is 6.21 Å². The SMILES string of the molecule is NC(=S)NN=Cc1cccc(C(F)(F)C(F)(F)F)c1. The fourth-order valence-corrected chi connectivity index (χ4v) is 1.20. The van der Waals surface area contributed by atoms with E-state index in [-0.39, 0.29) is 10.7 Å².